The summed E-state index contributed by atoms with van der Waals surface area (Å²) in [5.74, 6) is -0.0642. The van der Waals surface area contributed by atoms with Crippen molar-refractivity contribution >= 4 is 39.0 Å². The molecular weight excluding hydrogens is 606 g/mol. The highest BCUT2D eigenvalue weighted by atomic mass is 32.2. The molecule has 46 heavy (non-hydrogen) atoms. The Morgan fingerprint density at radius 3 is 2.52 bits per heavy atom. The molecule has 4 heterocycles. The van der Waals surface area contributed by atoms with Crippen LogP contribution in [0.2, 0.25) is 0 Å². The molecule has 0 radical (unpaired) electrons. The van der Waals surface area contributed by atoms with Crippen molar-refractivity contribution in [3.63, 3.8) is 0 Å². The van der Waals surface area contributed by atoms with E-state index in [0.29, 0.717) is 72.3 Å². The average molecular weight is 648 g/mol. The summed E-state index contributed by atoms with van der Waals surface area (Å²) in [6.07, 6.45) is 1.71. The molecule has 0 unspecified atom stereocenters. The fourth-order valence-corrected chi connectivity index (χ4v) is 7.60. The molecule has 0 spiro atoms. The molecule has 3 aliphatic heterocycles. The standard InChI is InChI=1S/C34H41N5O6S/c1-23-30(35-24(2)32(23)34(41)39-12-10-37(3)11-13-39)21-28-27-20-26(8-9-29(27)36-33(28)40)46(42,43)22-25-6-4-5-7-31(25)45-19-16-38-14-17-44-18-15-38/h4-9,20-21,35H,10-19,22H2,1-3H3,(H,36,40). The number of likely N-dealkylation sites (N-methyl/N-ethyl adjacent to an activating group) is 1. The molecule has 2 fully saturated rings. The molecule has 0 aliphatic carbocycles. The third-order valence-electron chi connectivity index (χ3n) is 8.99. The van der Waals surface area contributed by atoms with Gasteiger partial charge in [0.1, 0.15) is 12.4 Å². The molecule has 2 saturated heterocycles. The van der Waals surface area contributed by atoms with Crippen LogP contribution in [0.4, 0.5) is 5.69 Å². The molecular formula is C34H41N5O6S. The predicted octanol–water partition coefficient (Wildman–Crippen LogP) is 3.20. The van der Waals surface area contributed by atoms with E-state index in [1.807, 2.05) is 31.9 Å². The topological polar surface area (TPSA) is 124 Å². The number of nitrogens with zero attached hydrogens (tertiary/aromatic N) is 3. The summed E-state index contributed by atoms with van der Waals surface area (Å²) in [6, 6.07) is 11.9. The normalized spacial score (nSPS) is 18.5. The van der Waals surface area contributed by atoms with Crippen molar-refractivity contribution < 1.29 is 27.5 Å². The Morgan fingerprint density at radius 2 is 1.76 bits per heavy atom. The Hall–Kier alpha value is -3.97. The lowest BCUT2D eigenvalue weighted by atomic mass is 10.0. The van der Waals surface area contributed by atoms with Gasteiger partial charge in [-0.3, -0.25) is 14.5 Å². The van der Waals surface area contributed by atoms with Gasteiger partial charge in [0.25, 0.3) is 11.8 Å². The maximum Gasteiger partial charge on any atom is 0.256 e. The quantitative estimate of drug-likeness (QED) is 0.340. The second-order valence-corrected chi connectivity index (χ2v) is 14.1. The Kier molecular flexibility index (Phi) is 9.32. The second kappa shape index (κ2) is 13.4. The third kappa shape index (κ3) is 6.75. The lowest BCUT2D eigenvalue weighted by Gasteiger charge is -2.32. The largest absolute Gasteiger partial charge is 0.492 e. The zero-order valence-electron chi connectivity index (χ0n) is 26.6. The van der Waals surface area contributed by atoms with Crippen LogP contribution < -0.4 is 10.1 Å². The number of rotatable bonds is 9. The van der Waals surface area contributed by atoms with Crippen molar-refractivity contribution in [2.75, 3.05) is 78.0 Å². The van der Waals surface area contributed by atoms with Crippen LogP contribution in [-0.2, 0) is 25.1 Å². The summed E-state index contributed by atoms with van der Waals surface area (Å²) in [7, 11) is -1.75. The third-order valence-corrected chi connectivity index (χ3v) is 10.7. The fraction of sp³-hybridized carbons (Fsp3) is 0.412. The highest BCUT2D eigenvalue weighted by Crippen LogP contribution is 2.36. The summed E-state index contributed by atoms with van der Waals surface area (Å²) in [6.45, 7) is 11.0. The number of aryl methyl sites for hydroxylation is 1. The summed E-state index contributed by atoms with van der Waals surface area (Å²) >= 11 is 0. The maximum absolute atomic E-state index is 13.7. The zero-order chi connectivity index (χ0) is 32.4. The van der Waals surface area contributed by atoms with Crippen LogP contribution in [0, 0.1) is 13.8 Å². The lowest BCUT2D eigenvalue weighted by molar-refractivity contribution is -0.110. The SMILES string of the molecule is Cc1[nH]c(C=C2C(=O)Nc3ccc(S(=O)(=O)Cc4ccccc4OCCN4CCOCC4)cc32)c(C)c1C(=O)N1CCN(C)CC1. The first-order valence-corrected chi connectivity index (χ1v) is 17.3. The van der Waals surface area contributed by atoms with Gasteiger partial charge in [-0.05, 0) is 56.8 Å². The van der Waals surface area contributed by atoms with Gasteiger partial charge in [0.05, 0.1) is 35.0 Å². The number of morpholine rings is 1. The summed E-state index contributed by atoms with van der Waals surface area (Å²) in [5.41, 5.74) is 4.68. The smallest absolute Gasteiger partial charge is 0.256 e. The first-order valence-electron chi connectivity index (χ1n) is 15.7. The molecule has 2 amide bonds. The van der Waals surface area contributed by atoms with Crippen molar-refractivity contribution in [1.29, 1.82) is 0 Å². The molecule has 0 atom stereocenters. The van der Waals surface area contributed by atoms with Gasteiger partial charge in [-0.25, -0.2) is 8.42 Å². The Labute approximate surface area is 270 Å². The first-order chi connectivity index (χ1) is 22.1. The number of sulfone groups is 1. The van der Waals surface area contributed by atoms with Gasteiger partial charge in [0.15, 0.2) is 9.84 Å². The number of amides is 2. The van der Waals surface area contributed by atoms with E-state index in [1.54, 1.807) is 36.4 Å². The van der Waals surface area contributed by atoms with E-state index in [1.165, 1.54) is 6.07 Å². The van der Waals surface area contributed by atoms with Crippen LogP contribution in [0.15, 0.2) is 47.4 Å². The Balaban J connectivity index is 1.22. The molecule has 6 rings (SSSR count). The molecule has 1 aromatic heterocycles. The number of H-pyrrole nitrogens is 1. The van der Waals surface area contributed by atoms with Gasteiger partial charge >= 0.3 is 0 Å². The lowest BCUT2D eigenvalue weighted by Crippen LogP contribution is -2.47. The minimum Gasteiger partial charge on any atom is -0.492 e. The van der Waals surface area contributed by atoms with Crippen molar-refractivity contribution in [2.45, 2.75) is 24.5 Å². The van der Waals surface area contributed by atoms with Crippen LogP contribution in [0.3, 0.4) is 0 Å². The van der Waals surface area contributed by atoms with Crippen LogP contribution in [-0.4, -0.2) is 113 Å². The van der Waals surface area contributed by atoms with Crippen LogP contribution in [0.5, 0.6) is 5.75 Å². The number of hydrogen-bond donors (Lipinski definition) is 2. The average Bonchev–Trinajstić information content (AvgIpc) is 3.51. The fourth-order valence-electron chi connectivity index (χ4n) is 6.22. The number of anilines is 1. The van der Waals surface area contributed by atoms with Gasteiger partial charge in [-0.2, -0.15) is 0 Å². The highest BCUT2D eigenvalue weighted by Gasteiger charge is 2.30. The van der Waals surface area contributed by atoms with E-state index >= 15 is 0 Å². The van der Waals surface area contributed by atoms with E-state index in [0.717, 1.165) is 44.0 Å². The molecule has 3 aromatic rings. The number of benzene rings is 2. The molecule has 3 aliphatic rings. The maximum atomic E-state index is 13.7. The first kappa shape index (κ1) is 32.0. The van der Waals surface area contributed by atoms with Crippen molar-refractivity contribution in [3.05, 3.63) is 76.1 Å². The predicted molar refractivity (Wildman–Crippen MR) is 177 cm³/mol. The number of carbonyl (C=O) groups excluding carboxylic acids is 2. The van der Waals surface area contributed by atoms with Crippen LogP contribution in [0.25, 0.3) is 11.6 Å². The van der Waals surface area contributed by atoms with Gasteiger partial charge in [-0.15, -0.1) is 0 Å². The molecule has 244 valence electrons. The van der Waals surface area contributed by atoms with Gasteiger partial charge in [0.2, 0.25) is 0 Å². The molecule has 2 N–H and O–H groups in total. The highest BCUT2D eigenvalue weighted by molar-refractivity contribution is 7.90. The number of ether oxygens (including phenoxy) is 2. The van der Waals surface area contributed by atoms with Gasteiger partial charge < -0.3 is 29.6 Å². The van der Waals surface area contributed by atoms with Gasteiger partial charge in [-0.1, -0.05) is 18.2 Å². The number of aromatic amines is 1. The van der Waals surface area contributed by atoms with Crippen molar-refractivity contribution in [3.8, 4) is 5.75 Å². The molecule has 0 saturated carbocycles. The summed E-state index contributed by atoms with van der Waals surface area (Å²) in [4.78, 5) is 36.3. The number of carbonyl (C=O) groups is 2. The minimum atomic E-state index is -3.79. The number of aromatic nitrogens is 1. The van der Waals surface area contributed by atoms with Gasteiger partial charge in [0, 0.05) is 74.0 Å². The van der Waals surface area contributed by atoms with Crippen LogP contribution in [0.1, 0.15) is 38.4 Å². The second-order valence-electron chi connectivity index (χ2n) is 12.1. The number of piperazine rings is 1. The van der Waals surface area contributed by atoms with Crippen molar-refractivity contribution in [2.24, 2.45) is 0 Å². The van der Waals surface area contributed by atoms with E-state index in [4.69, 9.17) is 9.47 Å². The summed E-state index contributed by atoms with van der Waals surface area (Å²) < 4.78 is 38.9. The number of fused-ring (bicyclic) bond motifs is 1. The van der Waals surface area contributed by atoms with E-state index < -0.39 is 9.84 Å². The number of nitrogens with one attached hydrogen (secondary N) is 2. The Bertz CT molecular complexity index is 1770. The van der Waals surface area contributed by atoms with E-state index in [2.05, 4.69) is 20.1 Å². The molecule has 11 nitrogen and oxygen atoms in total. The molecule has 12 heteroatoms. The Morgan fingerprint density at radius 1 is 1.02 bits per heavy atom. The molecule has 0 bridgehead atoms. The van der Waals surface area contributed by atoms with Crippen molar-refractivity contribution in [1.82, 2.24) is 19.7 Å². The molecule has 2 aromatic carbocycles. The monoisotopic (exact) mass is 647 g/mol. The van der Waals surface area contributed by atoms with E-state index in [9.17, 15) is 18.0 Å². The number of para-hydroxylation sites is 1. The summed E-state index contributed by atoms with van der Waals surface area (Å²) in [5, 5.41) is 2.85. The van der Waals surface area contributed by atoms with Crippen LogP contribution >= 0.6 is 0 Å². The zero-order valence-corrected chi connectivity index (χ0v) is 27.4. The number of hydrogen-bond acceptors (Lipinski definition) is 8. The minimum absolute atomic E-state index is 0.0287. The van der Waals surface area contributed by atoms with E-state index in [-0.39, 0.29) is 22.5 Å².